The number of benzene rings is 4. The number of carbonyl (C=O) groups excluding carboxylic acids is 1. The van der Waals surface area contributed by atoms with Gasteiger partial charge in [0.05, 0.1) is 30.8 Å². The Morgan fingerprint density at radius 2 is 1.57 bits per heavy atom. The monoisotopic (exact) mass is 543 g/mol. The molecule has 0 saturated carbocycles. The highest BCUT2D eigenvalue weighted by Crippen LogP contribution is 2.38. The van der Waals surface area contributed by atoms with E-state index < -0.39 is 11.7 Å². The lowest BCUT2D eigenvalue weighted by Crippen LogP contribution is -2.08. The first-order chi connectivity index (χ1) is 19.3. The zero-order valence-corrected chi connectivity index (χ0v) is 21.9. The number of rotatable bonds is 9. The number of nitrogens with zero attached hydrogens (tertiary/aromatic N) is 2. The Bertz CT molecular complexity index is 1610. The molecule has 5 rings (SSSR count). The standard InChI is InChI=1S/C32H28F3N3O2/c1-2-40-29(39)19-23-10-6-11-24(18-23)20-36-26-16-14-25(15-17-26)31-27-12-7-13-28(32(33,34)35)30(27)37-38(31)21-22-8-4-3-5-9-22/h3-18,36H,2,19-21H2,1H3. The van der Waals surface area contributed by atoms with Gasteiger partial charge < -0.3 is 10.1 Å². The number of ether oxygens (including phenoxy) is 1. The molecule has 0 aliphatic rings. The lowest BCUT2D eigenvalue weighted by atomic mass is 10.0. The first-order valence-electron chi connectivity index (χ1n) is 13.0. The number of halogens is 3. The van der Waals surface area contributed by atoms with E-state index in [1.807, 2.05) is 78.9 Å². The van der Waals surface area contributed by atoms with E-state index in [0.29, 0.717) is 30.8 Å². The molecule has 0 unspecified atom stereocenters. The van der Waals surface area contributed by atoms with Crippen molar-refractivity contribution >= 4 is 22.6 Å². The number of carbonyl (C=O) groups is 1. The minimum atomic E-state index is -4.51. The van der Waals surface area contributed by atoms with Gasteiger partial charge in [0.2, 0.25) is 0 Å². The first-order valence-corrected chi connectivity index (χ1v) is 13.0. The molecule has 8 heteroatoms. The van der Waals surface area contributed by atoms with Crippen LogP contribution in [0.3, 0.4) is 0 Å². The largest absolute Gasteiger partial charge is 0.466 e. The van der Waals surface area contributed by atoms with E-state index in [0.717, 1.165) is 34.0 Å². The second-order valence-electron chi connectivity index (χ2n) is 9.42. The van der Waals surface area contributed by atoms with Crippen LogP contribution in [0.25, 0.3) is 22.2 Å². The van der Waals surface area contributed by atoms with Crippen molar-refractivity contribution < 1.29 is 22.7 Å². The van der Waals surface area contributed by atoms with E-state index >= 15 is 0 Å². The van der Waals surface area contributed by atoms with Crippen LogP contribution in [-0.2, 0) is 35.2 Å². The van der Waals surface area contributed by atoms with Crippen molar-refractivity contribution in [2.45, 2.75) is 32.6 Å². The molecule has 5 aromatic rings. The second-order valence-corrected chi connectivity index (χ2v) is 9.42. The summed E-state index contributed by atoms with van der Waals surface area (Å²) in [5, 5.41) is 8.26. The summed E-state index contributed by atoms with van der Waals surface area (Å²) in [6.07, 6.45) is -4.29. The van der Waals surface area contributed by atoms with Crippen LogP contribution in [0.2, 0.25) is 0 Å². The molecule has 0 fully saturated rings. The van der Waals surface area contributed by atoms with Crippen LogP contribution in [0, 0.1) is 0 Å². The highest BCUT2D eigenvalue weighted by atomic mass is 19.4. The van der Waals surface area contributed by atoms with Gasteiger partial charge in [-0.1, -0.05) is 78.9 Å². The van der Waals surface area contributed by atoms with Crippen molar-refractivity contribution in [1.29, 1.82) is 0 Å². The maximum atomic E-state index is 13.8. The van der Waals surface area contributed by atoms with Gasteiger partial charge in [-0.25, -0.2) is 0 Å². The van der Waals surface area contributed by atoms with E-state index in [1.165, 1.54) is 6.07 Å². The minimum absolute atomic E-state index is 0.0640. The molecule has 40 heavy (non-hydrogen) atoms. The van der Waals surface area contributed by atoms with Crippen molar-refractivity contribution in [3.05, 3.63) is 119 Å². The van der Waals surface area contributed by atoms with Crippen molar-refractivity contribution in [3.63, 3.8) is 0 Å². The zero-order valence-electron chi connectivity index (χ0n) is 21.9. The molecule has 0 radical (unpaired) electrons. The van der Waals surface area contributed by atoms with Crippen molar-refractivity contribution in [2.75, 3.05) is 11.9 Å². The molecule has 0 bridgehead atoms. The molecule has 204 valence electrons. The SMILES string of the molecule is CCOC(=O)Cc1cccc(CNc2ccc(-c3c4cccc(C(F)(F)F)c4nn3Cc3ccccc3)cc2)c1. The lowest BCUT2D eigenvalue weighted by molar-refractivity contribution is -0.142. The molecular weight excluding hydrogens is 515 g/mol. The molecule has 0 aliphatic carbocycles. The molecule has 1 aromatic heterocycles. The number of hydrogen-bond donors (Lipinski definition) is 1. The summed E-state index contributed by atoms with van der Waals surface area (Å²) in [5.41, 5.74) is 4.26. The van der Waals surface area contributed by atoms with Gasteiger partial charge in [0.25, 0.3) is 0 Å². The third-order valence-corrected chi connectivity index (χ3v) is 6.55. The fourth-order valence-electron chi connectivity index (χ4n) is 4.73. The smallest absolute Gasteiger partial charge is 0.418 e. The summed E-state index contributed by atoms with van der Waals surface area (Å²) in [6.45, 7) is 3.01. The molecule has 0 atom stereocenters. The van der Waals surface area contributed by atoms with E-state index in [4.69, 9.17) is 4.74 Å². The molecule has 1 heterocycles. The second kappa shape index (κ2) is 11.7. The van der Waals surface area contributed by atoms with Crippen LogP contribution in [0.15, 0.2) is 97.1 Å². The Morgan fingerprint density at radius 3 is 2.30 bits per heavy atom. The molecule has 5 nitrogen and oxygen atoms in total. The minimum Gasteiger partial charge on any atom is -0.466 e. The van der Waals surface area contributed by atoms with Crippen molar-refractivity contribution in [1.82, 2.24) is 9.78 Å². The molecular formula is C32H28F3N3O2. The Kier molecular flexibility index (Phi) is 7.86. The van der Waals surface area contributed by atoms with Gasteiger partial charge in [-0.05, 0) is 41.8 Å². The number of fused-ring (bicyclic) bond motifs is 1. The van der Waals surface area contributed by atoms with Crippen LogP contribution < -0.4 is 5.32 Å². The average Bonchev–Trinajstić information content (AvgIpc) is 3.30. The van der Waals surface area contributed by atoms with Crippen molar-refractivity contribution in [3.8, 4) is 11.3 Å². The number of aromatic nitrogens is 2. The summed E-state index contributed by atoms with van der Waals surface area (Å²) >= 11 is 0. The van der Waals surface area contributed by atoms with Crippen LogP contribution in [0.1, 0.15) is 29.2 Å². The molecule has 0 spiro atoms. The predicted molar refractivity (Wildman–Crippen MR) is 150 cm³/mol. The number of esters is 1. The number of nitrogens with one attached hydrogen (secondary N) is 1. The first kappa shape index (κ1) is 27.0. The fraction of sp³-hybridized carbons (Fsp3) is 0.188. The predicted octanol–water partition coefficient (Wildman–Crippen LogP) is 7.49. The van der Waals surface area contributed by atoms with E-state index in [-0.39, 0.29) is 17.9 Å². The highest BCUT2D eigenvalue weighted by Gasteiger charge is 2.34. The quantitative estimate of drug-likeness (QED) is 0.196. The third kappa shape index (κ3) is 6.17. The normalized spacial score (nSPS) is 11.5. The van der Waals surface area contributed by atoms with Gasteiger partial charge >= 0.3 is 12.1 Å². The van der Waals surface area contributed by atoms with E-state index in [1.54, 1.807) is 17.7 Å². The maximum Gasteiger partial charge on any atom is 0.418 e. The average molecular weight is 544 g/mol. The summed E-state index contributed by atoms with van der Waals surface area (Å²) < 4.78 is 48.1. The van der Waals surface area contributed by atoms with E-state index in [2.05, 4.69) is 10.4 Å². The summed E-state index contributed by atoms with van der Waals surface area (Å²) in [6, 6.07) is 29.0. The Hall–Kier alpha value is -4.59. The zero-order chi connectivity index (χ0) is 28.1. The molecule has 4 aromatic carbocycles. The highest BCUT2D eigenvalue weighted by molar-refractivity contribution is 5.95. The lowest BCUT2D eigenvalue weighted by Gasteiger charge is -2.11. The van der Waals surface area contributed by atoms with Gasteiger partial charge in [-0.2, -0.15) is 18.3 Å². The Labute approximate surface area is 230 Å². The van der Waals surface area contributed by atoms with Gasteiger partial charge in [-0.15, -0.1) is 0 Å². The summed E-state index contributed by atoms with van der Waals surface area (Å²) in [7, 11) is 0. The number of anilines is 1. The topological polar surface area (TPSA) is 56.1 Å². The molecule has 0 aliphatic heterocycles. The molecule has 1 N–H and O–H groups in total. The van der Waals surface area contributed by atoms with Crippen LogP contribution in [0.5, 0.6) is 0 Å². The number of hydrogen-bond acceptors (Lipinski definition) is 4. The van der Waals surface area contributed by atoms with Gasteiger partial charge in [-0.3, -0.25) is 9.48 Å². The maximum absolute atomic E-state index is 13.8. The van der Waals surface area contributed by atoms with Gasteiger partial charge in [0.1, 0.15) is 5.52 Å². The third-order valence-electron chi connectivity index (χ3n) is 6.55. The van der Waals surface area contributed by atoms with Crippen LogP contribution in [0.4, 0.5) is 18.9 Å². The molecule has 0 saturated heterocycles. The van der Waals surface area contributed by atoms with E-state index in [9.17, 15) is 18.0 Å². The number of alkyl halides is 3. The fourth-order valence-corrected chi connectivity index (χ4v) is 4.73. The van der Waals surface area contributed by atoms with Gasteiger partial charge in [0, 0.05) is 23.2 Å². The van der Waals surface area contributed by atoms with Crippen molar-refractivity contribution in [2.24, 2.45) is 0 Å². The Balaban J connectivity index is 1.41. The van der Waals surface area contributed by atoms with Crippen LogP contribution in [-0.4, -0.2) is 22.4 Å². The molecule has 0 amide bonds. The van der Waals surface area contributed by atoms with Crippen LogP contribution >= 0.6 is 0 Å². The summed E-state index contributed by atoms with van der Waals surface area (Å²) in [5.74, 6) is -0.260. The Morgan fingerprint density at radius 1 is 0.875 bits per heavy atom. The van der Waals surface area contributed by atoms with Gasteiger partial charge in [0.15, 0.2) is 0 Å². The summed E-state index contributed by atoms with van der Waals surface area (Å²) in [4.78, 5) is 11.8.